The number of nitrogen functional groups attached to an aromatic ring is 1. The van der Waals surface area contributed by atoms with E-state index in [-0.39, 0.29) is 23.7 Å². The first-order chi connectivity index (χ1) is 14.8. The van der Waals surface area contributed by atoms with Crippen LogP contribution < -0.4 is 20.7 Å². The lowest BCUT2D eigenvalue weighted by atomic mass is 10.1. The Morgan fingerprint density at radius 1 is 1.26 bits per heavy atom. The molecule has 0 aliphatic carbocycles. The lowest BCUT2D eigenvalue weighted by molar-refractivity contribution is -0.117. The van der Waals surface area contributed by atoms with Crippen molar-refractivity contribution in [1.29, 1.82) is 0 Å². The van der Waals surface area contributed by atoms with Crippen LogP contribution in [0.2, 0.25) is 5.02 Å². The Balaban J connectivity index is 1.49. The van der Waals surface area contributed by atoms with Gasteiger partial charge in [0, 0.05) is 36.2 Å². The summed E-state index contributed by atoms with van der Waals surface area (Å²) in [5.41, 5.74) is 9.49. The van der Waals surface area contributed by atoms with Crippen molar-refractivity contribution < 1.29 is 14.3 Å². The number of ether oxygens (including phenoxy) is 1. The molecular weight excluding hydrogens is 416 g/mol. The van der Waals surface area contributed by atoms with Gasteiger partial charge in [-0.25, -0.2) is 4.98 Å². The second-order valence-electron chi connectivity index (χ2n) is 7.35. The van der Waals surface area contributed by atoms with Crippen molar-refractivity contribution in [3.8, 4) is 5.75 Å². The van der Waals surface area contributed by atoms with Gasteiger partial charge >= 0.3 is 0 Å². The Hall–Kier alpha value is -3.58. The standard InChI is InChI=1S/C23H21ClN4O3/c1-13(31-20-11-17(24)12-26-22(20)25)14-4-3-5-18(8-14)27-23(30)16-7-6-15-10-21(29)28(2)19(15)9-16/h3-9,11-13H,10H2,1-2H3,(H2,25,26)(H,27,30)/t13-/m1/s1. The number of nitrogens with two attached hydrogens (primary N) is 1. The summed E-state index contributed by atoms with van der Waals surface area (Å²) in [6, 6.07) is 14.3. The Morgan fingerprint density at radius 3 is 2.87 bits per heavy atom. The van der Waals surface area contributed by atoms with Crippen LogP contribution in [-0.2, 0) is 11.2 Å². The Bertz CT molecular complexity index is 1180. The molecule has 1 aliphatic rings. The average molecular weight is 437 g/mol. The quantitative estimate of drug-likeness (QED) is 0.623. The first kappa shape index (κ1) is 20.7. The summed E-state index contributed by atoms with van der Waals surface area (Å²) in [6.45, 7) is 1.87. The zero-order valence-electron chi connectivity index (χ0n) is 17.1. The van der Waals surface area contributed by atoms with E-state index >= 15 is 0 Å². The molecule has 0 bridgehead atoms. The van der Waals surface area contributed by atoms with Gasteiger partial charge in [0.05, 0.1) is 11.4 Å². The van der Waals surface area contributed by atoms with Crippen LogP contribution in [0.25, 0.3) is 0 Å². The Labute approximate surface area is 184 Å². The molecule has 7 nitrogen and oxygen atoms in total. The number of benzene rings is 2. The number of aromatic nitrogens is 1. The molecule has 8 heteroatoms. The summed E-state index contributed by atoms with van der Waals surface area (Å²) >= 11 is 5.97. The topological polar surface area (TPSA) is 97.6 Å². The van der Waals surface area contributed by atoms with Gasteiger partial charge in [-0.15, -0.1) is 0 Å². The highest BCUT2D eigenvalue weighted by molar-refractivity contribution is 6.30. The number of likely N-dealkylation sites (N-methyl/N-ethyl adjacent to an activating group) is 1. The van der Waals surface area contributed by atoms with Gasteiger partial charge in [0.15, 0.2) is 11.6 Å². The maximum atomic E-state index is 12.8. The molecule has 0 saturated heterocycles. The number of nitrogens with one attached hydrogen (secondary N) is 1. The molecule has 158 valence electrons. The third-order valence-electron chi connectivity index (χ3n) is 5.19. The number of hydrogen-bond donors (Lipinski definition) is 2. The maximum Gasteiger partial charge on any atom is 0.255 e. The van der Waals surface area contributed by atoms with Crippen molar-refractivity contribution in [3.05, 3.63) is 76.4 Å². The van der Waals surface area contributed by atoms with E-state index < -0.39 is 0 Å². The van der Waals surface area contributed by atoms with E-state index in [2.05, 4.69) is 10.3 Å². The van der Waals surface area contributed by atoms with Crippen LogP contribution in [0.4, 0.5) is 17.2 Å². The molecule has 2 aromatic carbocycles. The van der Waals surface area contributed by atoms with Crippen LogP contribution in [-0.4, -0.2) is 23.8 Å². The molecule has 0 radical (unpaired) electrons. The Morgan fingerprint density at radius 2 is 2.06 bits per heavy atom. The van der Waals surface area contributed by atoms with Crippen molar-refractivity contribution in [1.82, 2.24) is 4.98 Å². The molecule has 31 heavy (non-hydrogen) atoms. The predicted molar refractivity (Wildman–Crippen MR) is 121 cm³/mol. The van der Waals surface area contributed by atoms with Crippen molar-refractivity contribution in [3.63, 3.8) is 0 Å². The Kier molecular flexibility index (Phi) is 5.52. The van der Waals surface area contributed by atoms with Crippen LogP contribution in [0.1, 0.15) is 34.5 Å². The fourth-order valence-corrected chi connectivity index (χ4v) is 3.59. The first-order valence-corrected chi connectivity index (χ1v) is 10.1. The molecule has 2 amide bonds. The normalized spacial score (nSPS) is 13.6. The monoisotopic (exact) mass is 436 g/mol. The van der Waals surface area contributed by atoms with Gasteiger partial charge < -0.3 is 20.7 Å². The van der Waals surface area contributed by atoms with Gasteiger partial charge in [-0.3, -0.25) is 9.59 Å². The zero-order valence-corrected chi connectivity index (χ0v) is 17.8. The van der Waals surface area contributed by atoms with Crippen LogP contribution >= 0.6 is 11.6 Å². The van der Waals surface area contributed by atoms with E-state index in [1.165, 1.54) is 6.20 Å². The third-order valence-corrected chi connectivity index (χ3v) is 5.40. The fourth-order valence-electron chi connectivity index (χ4n) is 3.44. The van der Waals surface area contributed by atoms with E-state index in [4.69, 9.17) is 22.1 Å². The van der Waals surface area contributed by atoms with E-state index in [1.807, 2.05) is 31.2 Å². The van der Waals surface area contributed by atoms with Crippen molar-refractivity contribution in [2.75, 3.05) is 23.0 Å². The van der Waals surface area contributed by atoms with Gasteiger partial charge in [-0.05, 0) is 42.3 Å². The number of amides is 2. The summed E-state index contributed by atoms with van der Waals surface area (Å²) in [4.78, 5) is 30.2. The number of pyridine rings is 1. The molecular formula is C23H21ClN4O3. The van der Waals surface area contributed by atoms with Crippen molar-refractivity contribution >= 4 is 40.6 Å². The summed E-state index contributed by atoms with van der Waals surface area (Å²) < 4.78 is 5.91. The number of rotatable bonds is 5. The van der Waals surface area contributed by atoms with E-state index in [1.54, 1.807) is 36.2 Å². The minimum Gasteiger partial charge on any atom is -0.482 e. The predicted octanol–water partition coefficient (Wildman–Crippen LogP) is 4.23. The number of nitrogens with zero attached hydrogens (tertiary/aromatic N) is 2. The molecule has 0 spiro atoms. The van der Waals surface area contributed by atoms with E-state index in [9.17, 15) is 9.59 Å². The van der Waals surface area contributed by atoms with Crippen LogP contribution in [0.15, 0.2) is 54.7 Å². The van der Waals surface area contributed by atoms with Gasteiger partial charge in [0.1, 0.15) is 6.10 Å². The molecule has 3 N–H and O–H groups in total. The second kappa shape index (κ2) is 8.28. The number of fused-ring (bicyclic) bond motifs is 1. The highest BCUT2D eigenvalue weighted by atomic mass is 35.5. The largest absolute Gasteiger partial charge is 0.482 e. The van der Waals surface area contributed by atoms with Gasteiger partial charge in [-0.2, -0.15) is 0 Å². The van der Waals surface area contributed by atoms with E-state index in [0.717, 1.165) is 16.8 Å². The zero-order chi connectivity index (χ0) is 22.1. The van der Waals surface area contributed by atoms with E-state index in [0.29, 0.717) is 28.4 Å². The number of carbonyl (C=O) groups is 2. The molecule has 0 saturated carbocycles. The molecule has 3 aromatic rings. The molecule has 2 heterocycles. The third kappa shape index (κ3) is 4.32. The fraction of sp³-hybridized carbons (Fsp3) is 0.174. The van der Waals surface area contributed by atoms with Crippen LogP contribution in [0.5, 0.6) is 5.75 Å². The molecule has 4 rings (SSSR count). The van der Waals surface area contributed by atoms with Gasteiger partial charge in [-0.1, -0.05) is 29.8 Å². The minimum atomic E-state index is -0.348. The summed E-state index contributed by atoms with van der Waals surface area (Å²) in [5.74, 6) is 0.404. The average Bonchev–Trinajstić information content (AvgIpc) is 3.04. The number of hydrogen-bond acceptors (Lipinski definition) is 5. The highest BCUT2D eigenvalue weighted by Gasteiger charge is 2.25. The highest BCUT2D eigenvalue weighted by Crippen LogP contribution is 2.30. The van der Waals surface area contributed by atoms with Crippen LogP contribution in [0, 0.1) is 0 Å². The summed E-state index contributed by atoms with van der Waals surface area (Å²) in [6.07, 6.45) is 1.47. The number of carbonyl (C=O) groups excluding carboxylic acids is 2. The number of anilines is 3. The SMILES string of the molecule is C[C@@H](Oc1cc(Cl)cnc1N)c1cccc(NC(=O)c2ccc3c(c2)N(C)C(=O)C3)c1. The molecule has 1 aliphatic heterocycles. The minimum absolute atomic E-state index is 0.0183. The maximum absolute atomic E-state index is 12.8. The summed E-state index contributed by atoms with van der Waals surface area (Å²) in [5, 5.41) is 3.33. The summed E-state index contributed by atoms with van der Waals surface area (Å²) in [7, 11) is 1.71. The van der Waals surface area contributed by atoms with Gasteiger partial charge in [0.2, 0.25) is 5.91 Å². The van der Waals surface area contributed by atoms with Crippen LogP contribution in [0.3, 0.4) is 0 Å². The lowest BCUT2D eigenvalue weighted by Gasteiger charge is -2.17. The van der Waals surface area contributed by atoms with Crippen molar-refractivity contribution in [2.24, 2.45) is 0 Å². The molecule has 1 atom stereocenters. The molecule has 1 aromatic heterocycles. The second-order valence-corrected chi connectivity index (χ2v) is 7.79. The number of halogens is 1. The smallest absolute Gasteiger partial charge is 0.255 e. The van der Waals surface area contributed by atoms with Crippen molar-refractivity contribution in [2.45, 2.75) is 19.4 Å². The molecule has 0 fully saturated rings. The lowest BCUT2D eigenvalue weighted by Crippen LogP contribution is -2.21. The first-order valence-electron chi connectivity index (χ1n) is 9.70. The molecule has 0 unspecified atom stereocenters. The van der Waals surface area contributed by atoms with Gasteiger partial charge in [0.25, 0.3) is 5.91 Å².